The molecule has 4 aromatic rings. The fourth-order valence-corrected chi connectivity index (χ4v) is 2.14. The van der Waals surface area contributed by atoms with Gasteiger partial charge in [-0.05, 0) is 0 Å². The van der Waals surface area contributed by atoms with Gasteiger partial charge in [0.05, 0.1) is 0 Å². The van der Waals surface area contributed by atoms with Crippen molar-refractivity contribution in [3.8, 4) is 0 Å². The van der Waals surface area contributed by atoms with E-state index in [1.165, 1.54) is 24.8 Å². The van der Waals surface area contributed by atoms with Crippen molar-refractivity contribution in [2.24, 2.45) is 0 Å². The van der Waals surface area contributed by atoms with Gasteiger partial charge >= 0.3 is 41.3 Å². The molecule has 4 aromatic carbocycles. The second kappa shape index (κ2) is 10.5. The number of rotatable bonds is 0. The van der Waals surface area contributed by atoms with Crippen molar-refractivity contribution in [1.29, 1.82) is 0 Å². The summed E-state index contributed by atoms with van der Waals surface area (Å²) in [6.07, 6.45) is 0. The minimum absolute atomic E-state index is 0. The SMILES string of the molecule is C[C](C)=[Zr].[Cl-].c1ccc2[cH-]ccc2c1.c1ccc2[cH-]ccc2c1. The van der Waals surface area contributed by atoms with Crippen LogP contribution in [0, 0.1) is 0 Å². The van der Waals surface area contributed by atoms with Gasteiger partial charge < -0.3 is 12.4 Å². The summed E-state index contributed by atoms with van der Waals surface area (Å²) in [5.41, 5.74) is 0. The van der Waals surface area contributed by atoms with Gasteiger partial charge in [-0.1, -0.05) is 12.1 Å². The van der Waals surface area contributed by atoms with Crippen LogP contribution < -0.4 is 12.4 Å². The number of halogens is 1. The molecule has 0 bridgehead atoms. The molecule has 0 saturated carbocycles. The molecule has 0 nitrogen and oxygen atoms in total. The van der Waals surface area contributed by atoms with E-state index in [0.29, 0.717) is 0 Å². The average molecular weight is 399 g/mol. The molecule has 0 aromatic heterocycles. The first-order chi connectivity index (χ1) is 10.7. The topological polar surface area (TPSA) is 0 Å². The van der Waals surface area contributed by atoms with Crippen LogP contribution in [-0.4, -0.2) is 3.21 Å². The Bertz CT molecular complexity index is 708. The molecule has 0 amide bonds. The van der Waals surface area contributed by atoms with Gasteiger partial charge in [-0.25, -0.2) is 0 Å². The van der Waals surface area contributed by atoms with Gasteiger partial charge in [0.25, 0.3) is 0 Å². The Labute approximate surface area is 159 Å². The first kappa shape index (κ1) is 19.7. The number of benzene rings is 2. The minimum Gasteiger partial charge on any atom is -1.00 e. The van der Waals surface area contributed by atoms with Crippen LogP contribution in [0.3, 0.4) is 0 Å². The summed E-state index contributed by atoms with van der Waals surface area (Å²) in [6, 6.07) is 29.3. The number of fused-ring (bicyclic) bond motifs is 2. The predicted octanol–water partition coefficient (Wildman–Crippen LogP) is 2.87. The first-order valence-electron chi connectivity index (χ1n) is 7.39. The molecule has 0 fully saturated rings. The van der Waals surface area contributed by atoms with Crippen molar-refractivity contribution >= 4 is 24.8 Å². The third-order valence-corrected chi connectivity index (χ3v) is 3.10. The fourth-order valence-electron chi connectivity index (χ4n) is 2.14. The van der Waals surface area contributed by atoms with Crippen LogP contribution in [0.4, 0.5) is 0 Å². The van der Waals surface area contributed by atoms with Crippen LogP contribution in [0.25, 0.3) is 21.5 Å². The summed E-state index contributed by atoms with van der Waals surface area (Å²) < 4.78 is 1.51. The maximum atomic E-state index is 2.12. The maximum Gasteiger partial charge on any atom is -0.0809 e. The van der Waals surface area contributed by atoms with E-state index < -0.39 is 0 Å². The average Bonchev–Trinajstić information content (AvgIpc) is 3.16. The molecule has 4 rings (SSSR count). The molecule has 0 unspecified atom stereocenters. The summed E-state index contributed by atoms with van der Waals surface area (Å²) in [5.74, 6) is 0. The number of hydrogen-bond donors (Lipinski definition) is 0. The predicted molar refractivity (Wildman–Crippen MR) is 95.4 cm³/mol. The molecule has 118 valence electrons. The molecular weight excluding hydrogens is 379 g/mol. The van der Waals surface area contributed by atoms with Crippen LogP contribution in [0.5, 0.6) is 0 Å². The first-order valence-corrected chi connectivity index (χ1v) is 8.62. The molecule has 0 atom stereocenters. The third kappa shape index (κ3) is 6.77. The van der Waals surface area contributed by atoms with E-state index in [2.05, 4.69) is 98.8 Å². The summed E-state index contributed by atoms with van der Waals surface area (Å²) in [5, 5.41) is 5.32. The molecule has 0 spiro atoms. The molecular formula is C21H20ClZr-3. The van der Waals surface area contributed by atoms with E-state index in [1.807, 2.05) is 0 Å². The van der Waals surface area contributed by atoms with Crippen LogP contribution in [0.2, 0.25) is 0 Å². The van der Waals surface area contributed by atoms with Crippen LogP contribution in [0.1, 0.15) is 13.8 Å². The van der Waals surface area contributed by atoms with Gasteiger partial charge in [0.2, 0.25) is 0 Å². The molecule has 0 radical (unpaired) electrons. The zero-order valence-electron chi connectivity index (χ0n) is 13.5. The van der Waals surface area contributed by atoms with Gasteiger partial charge in [0.1, 0.15) is 0 Å². The summed E-state index contributed by atoms with van der Waals surface area (Å²) in [7, 11) is 0. The molecule has 2 heteroatoms. The molecule has 0 N–H and O–H groups in total. The Kier molecular flexibility index (Phi) is 8.99. The van der Waals surface area contributed by atoms with Gasteiger partial charge in [0, 0.05) is 0 Å². The van der Waals surface area contributed by atoms with E-state index in [-0.39, 0.29) is 12.4 Å². The van der Waals surface area contributed by atoms with Gasteiger partial charge in [-0.2, -0.15) is 35.0 Å². The Balaban J connectivity index is 0.000000182. The van der Waals surface area contributed by atoms with Crippen molar-refractivity contribution in [2.75, 3.05) is 0 Å². The van der Waals surface area contributed by atoms with Crippen LogP contribution in [0.15, 0.2) is 84.9 Å². The molecule has 0 aliphatic heterocycles. The van der Waals surface area contributed by atoms with Crippen molar-refractivity contribution in [3.63, 3.8) is 0 Å². The Hall–Kier alpha value is -1.30. The second-order valence-corrected chi connectivity index (χ2v) is 7.77. The molecule has 0 aliphatic carbocycles. The Morgan fingerprint density at radius 1 is 0.696 bits per heavy atom. The minimum atomic E-state index is 0. The second-order valence-electron chi connectivity index (χ2n) is 5.31. The summed E-state index contributed by atoms with van der Waals surface area (Å²) >= 11 is 1.55. The van der Waals surface area contributed by atoms with Crippen molar-refractivity contribution < 1.29 is 36.6 Å². The normalized spacial score (nSPS) is 9.09. The van der Waals surface area contributed by atoms with Crippen molar-refractivity contribution in [3.05, 3.63) is 84.9 Å². The van der Waals surface area contributed by atoms with Gasteiger partial charge in [-0.15, -0.1) is 59.3 Å². The zero-order chi connectivity index (χ0) is 15.8. The largest absolute Gasteiger partial charge is 1.00 e. The third-order valence-electron chi connectivity index (χ3n) is 3.10. The summed E-state index contributed by atoms with van der Waals surface area (Å²) in [4.78, 5) is 0. The van der Waals surface area contributed by atoms with E-state index in [4.69, 9.17) is 0 Å². The van der Waals surface area contributed by atoms with E-state index in [9.17, 15) is 0 Å². The van der Waals surface area contributed by atoms with Gasteiger partial charge in [0.15, 0.2) is 0 Å². The molecule has 0 heterocycles. The maximum absolute atomic E-state index is 2.12. The Morgan fingerprint density at radius 3 is 1.39 bits per heavy atom. The standard InChI is InChI=1S/2C9H7.C3H6.ClH.Zr/c2*1-2-5-9-7-3-6-8(9)4-1;1-3-2;;/h2*1-7H;1-2H3;1H;/q2*-1;;;/p-1. The number of hydrogen-bond acceptors (Lipinski definition) is 0. The fraction of sp³-hybridized carbons (Fsp3) is 0.0952. The van der Waals surface area contributed by atoms with E-state index >= 15 is 0 Å². The molecule has 23 heavy (non-hydrogen) atoms. The quantitative estimate of drug-likeness (QED) is 0.399. The van der Waals surface area contributed by atoms with Crippen molar-refractivity contribution in [1.82, 2.24) is 0 Å². The van der Waals surface area contributed by atoms with E-state index in [1.54, 1.807) is 24.2 Å². The molecule has 0 aliphatic rings. The van der Waals surface area contributed by atoms with Gasteiger partial charge in [-0.3, -0.25) is 0 Å². The Morgan fingerprint density at radius 2 is 1.04 bits per heavy atom. The monoisotopic (exact) mass is 397 g/mol. The zero-order valence-corrected chi connectivity index (χ0v) is 16.7. The van der Waals surface area contributed by atoms with Crippen LogP contribution in [-0.2, 0) is 24.2 Å². The van der Waals surface area contributed by atoms with E-state index in [0.717, 1.165) is 0 Å². The molecule has 0 saturated heterocycles. The van der Waals surface area contributed by atoms with Crippen LogP contribution >= 0.6 is 0 Å². The van der Waals surface area contributed by atoms with Crippen molar-refractivity contribution in [2.45, 2.75) is 13.8 Å². The smallest absolute Gasteiger partial charge is 0.0809 e. The summed E-state index contributed by atoms with van der Waals surface area (Å²) in [6.45, 7) is 4.25.